The lowest BCUT2D eigenvalue weighted by Gasteiger charge is -2.37. The van der Waals surface area contributed by atoms with Crippen LogP contribution in [0.15, 0.2) is 146 Å². The van der Waals surface area contributed by atoms with Gasteiger partial charge in [-0.15, -0.1) is 0 Å². The van der Waals surface area contributed by atoms with Crippen molar-refractivity contribution in [3.05, 3.63) is 179 Å². The van der Waals surface area contributed by atoms with Crippen LogP contribution in [0, 0.1) is 6.92 Å². The molecule has 7 rings (SSSR count). The smallest absolute Gasteiger partial charge is 0.407 e. The van der Waals surface area contributed by atoms with E-state index in [4.69, 9.17) is 14.2 Å². The summed E-state index contributed by atoms with van der Waals surface area (Å²) in [6.45, 7) is 6.35. The number of amides is 3. The number of hydrogen-bond donors (Lipinski definition) is 2. The van der Waals surface area contributed by atoms with Gasteiger partial charge >= 0.3 is 18.2 Å². The maximum Gasteiger partial charge on any atom is 0.407 e. The van der Waals surface area contributed by atoms with Gasteiger partial charge in [0.2, 0.25) is 5.91 Å². The third-order valence-electron chi connectivity index (χ3n) is 11.3. The zero-order valence-electron chi connectivity index (χ0n) is 33.9. The van der Waals surface area contributed by atoms with Crippen molar-refractivity contribution in [1.29, 1.82) is 0 Å². The molecule has 0 aromatic heterocycles. The van der Waals surface area contributed by atoms with Crippen molar-refractivity contribution in [2.24, 2.45) is 0 Å². The van der Waals surface area contributed by atoms with Crippen LogP contribution < -0.4 is 10.6 Å². The van der Waals surface area contributed by atoms with Crippen LogP contribution in [0.2, 0.25) is 0 Å². The minimum atomic E-state index is -1.32. The standard InChI is InChI=1S/C50H51N3O7/c1-3-33-58-48(56)51-31-15-14-25-44(52-49(57)59-34-43-41-23-12-10-21-39(41)40-22-11-13-24-42(40)43)46(54)53-32-16-26-45(53)47(55)60-50(36-17-6-4-7-18-36,37-19-8-5-9-20-37)38-29-27-35(2)28-30-38/h3-13,17-24,27-30,43-45H,1,14-16,25-26,31-34H2,2H3,(H,51,56)(H,52,57)/t44-,45+/m1/s1. The van der Waals surface area contributed by atoms with Gasteiger partial charge in [-0.1, -0.05) is 152 Å². The summed E-state index contributed by atoms with van der Waals surface area (Å²) in [5.74, 6) is -1.11. The largest absolute Gasteiger partial charge is 0.449 e. The fraction of sp³-hybridized carbons (Fsp3) is 0.280. The average Bonchev–Trinajstić information content (AvgIpc) is 3.91. The Morgan fingerprint density at radius 1 is 0.750 bits per heavy atom. The summed E-state index contributed by atoms with van der Waals surface area (Å²) in [4.78, 5) is 56.5. The third kappa shape index (κ3) is 9.13. The number of benzene rings is 5. The third-order valence-corrected chi connectivity index (χ3v) is 11.3. The van der Waals surface area contributed by atoms with Crippen LogP contribution in [0.25, 0.3) is 11.1 Å². The lowest BCUT2D eigenvalue weighted by molar-refractivity contribution is -0.162. The number of aryl methyl sites for hydroxylation is 1. The first kappa shape index (κ1) is 41.5. The summed E-state index contributed by atoms with van der Waals surface area (Å²) < 4.78 is 17.7. The van der Waals surface area contributed by atoms with E-state index >= 15 is 0 Å². The molecular formula is C50H51N3O7. The van der Waals surface area contributed by atoms with E-state index in [0.29, 0.717) is 38.8 Å². The van der Waals surface area contributed by atoms with Crippen LogP contribution in [-0.4, -0.2) is 67.3 Å². The number of unbranched alkanes of at least 4 members (excludes halogenated alkanes) is 1. The topological polar surface area (TPSA) is 123 Å². The maximum atomic E-state index is 14.7. The molecule has 0 spiro atoms. The second kappa shape index (κ2) is 19.4. The fourth-order valence-electron chi connectivity index (χ4n) is 8.39. The number of rotatable bonds is 16. The second-order valence-electron chi connectivity index (χ2n) is 15.2. The lowest BCUT2D eigenvalue weighted by Crippen LogP contribution is -2.53. The molecule has 3 amide bonds. The quantitative estimate of drug-likeness (QED) is 0.0336. The average molecular weight is 806 g/mol. The Hall–Kier alpha value is -6.68. The van der Waals surface area contributed by atoms with Crippen molar-refractivity contribution < 1.29 is 33.4 Å². The van der Waals surface area contributed by atoms with E-state index in [1.807, 2.05) is 128 Å². The van der Waals surface area contributed by atoms with E-state index in [1.54, 1.807) is 0 Å². The Morgan fingerprint density at radius 3 is 1.95 bits per heavy atom. The molecule has 1 saturated heterocycles. The van der Waals surface area contributed by atoms with Gasteiger partial charge in [0.25, 0.3) is 0 Å². The summed E-state index contributed by atoms with van der Waals surface area (Å²) >= 11 is 0. The molecule has 5 aromatic rings. The van der Waals surface area contributed by atoms with Crippen molar-refractivity contribution in [3.63, 3.8) is 0 Å². The van der Waals surface area contributed by atoms with Crippen LogP contribution in [0.3, 0.4) is 0 Å². The molecule has 10 heteroatoms. The lowest BCUT2D eigenvalue weighted by atomic mass is 9.79. The highest BCUT2D eigenvalue weighted by Gasteiger charge is 2.45. The number of alkyl carbamates (subject to hydrolysis) is 2. The molecule has 0 bridgehead atoms. The van der Waals surface area contributed by atoms with Gasteiger partial charge in [0.15, 0.2) is 5.60 Å². The molecule has 2 atom stereocenters. The van der Waals surface area contributed by atoms with Gasteiger partial charge in [0.1, 0.15) is 25.3 Å². The van der Waals surface area contributed by atoms with Crippen molar-refractivity contribution in [2.45, 2.75) is 62.6 Å². The van der Waals surface area contributed by atoms with Gasteiger partial charge < -0.3 is 29.7 Å². The van der Waals surface area contributed by atoms with Crippen molar-refractivity contribution in [2.75, 3.05) is 26.3 Å². The zero-order chi connectivity index (χ0) is 41.9. The number of nitrogens with one attached hydrogen (secondary N) is 2. The molecule has 5 aromatic carbocycles. The molecule has 1 aliphatic heterocycles. The van der Waals surface area contributed by atoms with E-state index in [1.165, 1.54) is 11.0 Å². The second-order valence-corrected chi connectivity index (χ2v) is 15.2. The molecular weight excluding hydrogens is 755 g/mol. The van der Waals surface area contributed by atoms with Crippen LogP contribution in [0.5, 0.6) is 0 Å². The normalized spacial score (nSPS) is 14.9. The number of esters is 1. The number of hydrogen-bond acceptors (Lipinski definition) is 7. The van der Waals surface area contributed by atoms with E-state index < -0.39 is 41.7 Å². The highest BCUT2D eigenvalue weighted by Crippen LogP contribution is 2.45. The molecule has 10 nitrogen and oxygen atoms in total. The fourth-order valence-corrected chi connectivity index (χ4v) is 8.39. The van der Waals surface area contributed by atoms with Gasteiger partial charge in [0, 0.05) is 35.7 Å². The molecule has 1 heterocycles. The summed E-state index contributed by atoms with van der Waals surface area (Å²) in [6, 6.07) is 41.5. The van der Waals surface area contributed by atoms with E-state index in [2.05, 4.69) is 29.3 Å². The van der Waals surface area contributed by atoms with Crippen LogP contribution in [-0.2, 0) is 29.4 Å². The number of ether oxygens (including phenoxy) is 3. The summed E-state index contributed by atoms with van der Waals surface area (Å²) in [7, 11) is 0. The molecule has 1 aliphatic carbocycles. The van der Waals surface area contributed by atoms with Gasteiger partial charge in [0.05, 0.1) is 0 Å². The Kier molecular flexibility index (Phi) is 13.4. The van der Waals surface area contributed by atoms with Gasteiger partial charge in [-0.05, 0) is 61.3 Å². The first-order valence-electron chi connectivity index (χ1n) is 20.6. The molecule has 2 aliphatic rings. The van der Waals surface area contributed by atoms with Gasteiger partial charge in [-0.3, -0.25) is 4.79 Å². The Labute approximate surface area is 351 Å². The van der Waals surface area contributed by atoms with Crippen molar-refractivity contribution in [3.8, 4) is 11.1 Å². The maximum absolute atomic E-state index is 14.7. The first-order chi connectivity index (χ1) is 29.3. The van der Waals surface area contributed by atoms with Crippen LogP contribution in [0.1, 0.15) is 71.4 Å². The van der Waals surface area contributed by atoms with E-state index in [0.717, 1.165) is 44.5 Å². The number of carbonyl (C=O) groups is 4. The predicted octanol–water partition coefficient (Wildman–Crippen LogP) is 8.81. The zero-order valence-corrected chi connectivity index (χ0v) is 33.9. The molecule has 308 valence electrons. The number of fused-ring (bicyclic) bond motifs is 3. The predicted molar refractivity (Wildman–Crippen MR) is 230 cm³/mol. The highest BCUT2D eigenvalue weighted by atomic mass is 16.6. The molecule has 0 saturated carbocycles. The minimum Gasteiger partial charge on any atom is -0.449 e. The van der Waals surface area contributed by atoms with Crippen molar-refractivity contribution >= 4 is 24.1 Å². The Balaban J connectivity index is 1.11. The van der Waals surface area contributed by atoms with Gasteiger partial charge in [-0.25, -0.2) is 14.4 Å². The Morgan fingerprint density at radius 2 is 1.33 bits per heavy atom. The van der Waals surface area contributed by atoms with Crippen LogP contribution >= 0.6 is 0 Å². The van der Waals surface area contributed by atoms with Gasteiger partial charge in [-0.2, -0.15) is 0 Å². The summed E-state index contributed by atoms with van der Waals surface area (Å²) in [5.41, 5.74) is 6.40. The first-order valence-corrected chi connectivity index (χ1v) is 20.6. The monoisotopic (exact) mass is 805 g/mol. The number of likely N-dealkylation sites (tertiary alicyclic amines) is 1. The molecule has 1 fully saturated rings. The highest BCUT2D eigenvalue weighted by molar-refractivity contribution is 5.90. The van der Waals surface area contributed by atoms with E-state index in [-0.39, 0.29) is 25.6 Å². The summed E-state index contributed by atoms with van der Waals surface area (Å²) in [5, 5.41) is 5.55. The SMILES string of the molecule is C=CCOC(=O)NCCCC[C@@H](NC(=O)OCC1c2ccccc2-c2ccccc21)C(=O)N1CCC[C@H]1C(=O)OC(c1ccccc1)(c1ccccc1)c1ccc(C)cc1. The molecule has 0 unspecified atom stereocenters. The van der Waals surface area contributed by atoms with Crippen LogP contribution in [0.4, 0.5) is 9.59 Å². The minimum absolute atomic E-state index is 0.0796. The molecule has 60 heavy (non-hydrogen) atoms. The number of nitrogens with zero attached hydrogens (tertiary/aromatic N) is 1. The van der Waals surface area contributed by atoms with E-state index in [9.17, 15) is 19.2 Å². The molecule has 2 N–H and O–H groups in total. The number of carbonyl (C=O) groups excluding carboxylic acids is 4. The molecule has 0 radical (unpaired) electrons. The Bertz CT molecular complexity index is 2190. The van der Waals surface area contributed by atoms with Crippen molar-refractivity contribution in [1.82, 2.24) is 15.5 Å². The summed E-state index contributed by atoms with van der Waals surface area (Å²) in [6.07, 6.45) is 2.39.